The van der Waals surface area contributed by atoms with Gasteiger partial charge >= 0.3 is 6.18 Å². The van der Waals surface area contributed by atoms with E-state index in [-0.39, 0.29) is 13.2 Å². The number of pyridine rings is 3. The molecule has 0 aliphatic carbocycles. The van der Waals surface area contributed by atoms with Crippen molar-refractivity contribution in [2.75, 3.05) is 0 Å². The van der Waals surface area contributed by atoms with Gasteiger partial charge in [0.05, 0.1) is 17.9 Å². The van der Waals surface area contributed by atoms with E-state index in [1.165, 1.54) is 12.3 Å². The summed E-state index contributed by atoms with van der Waals surface area (Å²) in [6.07, 6.45) is -0.110. The highest BCUT2D eigenvalue weighted by Gasteiger charge is 2.34. The molecule has 0 radical (unpaired) electrons. The maximum absolute atomic E-state index is 13.3. The van der Waals surface area contributed by atoms with Crippen LogP contribution in [0.25, 0.3) is 22.2 Å². The van der Waals surface area contributed by atoms with Crippen LogP contribution < -0.4 is 16.0 Å². The predicted molar refractivity (Wildman–Crippen MR) is 140 cm³/mol. The number of para-hydroxylation sites is 1. The van der Waals surface area contributed by atoms with Crippen molar-refractivity contribution in [1.82, 2.24) is 24.7 Å². The molecule has 0 saturated heterocycles. The highest BCUT2D eigenvalue weighted by Crippen LogP contribution is 2.34. The molecule has 5 rings (SSSR count). The molecule has 4 aromatic heterocycles. The van der Waals surface area contributed by atoms with Gasteiger partial charge in [0.2, 0.25) is 0 Å². The summed E-state index contributed by atoms with van der Waals surface area (Å²) < 4.78 is 47.0. The second-order valence-electron chi connectivity index (χ2n) is 9.12. The van der Waals surface area contributed by atoms with Crippen LogP contribution in [0.5, 0.6) is 5.75 Å². The number of H-pyrrole nitrogens is 1. The molecule has 0 saturated carbocycles. The molecule has 0 atom stereocenters. The molecule has 0 aliphatic rings. The summed E-state index contributed by atoms with van der Waals surface area (Å²) in [6, 6.07) is 11.3. The molecule has 0 fully saturated rings. The maximum atomic E-state index is 13.3. The lowest BCUT2D eigenvalue weighted by Gasteiger charge is -2.16. The largest absolute Gasteiger partial charge is 0.487 e. The van der Waals surface area contributed by atoms with Crippen LogP contribution in [-0.4, -0.2) is 24.7 Å². The second kappa shape index (κ2) is 10.3. The highest BCUT2D eigenvalue weighted by atomic mass is 19.4. The fourth-order valence-corrected chi connectivity index (χ4v) is 4.53. The lowest BCUT2D eigenvalue weighted by Crippen LogP contribution is -2.29. The molecule has 0 bridgehead atoms. The summed E-state index contributed by atoms with van der Waals surface area (Å²) in [7, 11) is 0. The first-order valence-electron chi connectivity index (χ1n) is 12.1. The molecule has 5 aromatic rings. The number of hydrogen-bond acceptors (Lipinski definition) is 6. The van der Waals surface area contributed by atoms with E-state index in [1.54, 1.807) is 24.5 Å². The quantitative estimate of drug-likeness (QED) is 0.307. The van der Waals surface area contributed by atoms with Gasteiger partial charge < -0.3 is 15.0 Å². The number of aryl methyl sites for hydroxylation is 2. The molecule has 200 valence electrons. The first-order valence-corrected chi connectivity index (χ1v) is 12.1. The van der Waals surface area contributed by atoms with Gasteiger partial charge in [0.25, 0.3) is 5.56 Å². The van der Waals surface area contributed by atoms with Gasteiger partial charge in [-0.05, 0) is 49.7 Å². The number of ether oxygens (including phenoxy) is 1. The Balaban J connectivity index is 1.50. The van der Waals surface area contributed by atoms with Crippen LogP contribution >= 0.6 is 0 Å². The van der Waals surface area contributed by atoms with Crippen LogP contribution in [-0.2, 0) is 25.9 Å². The molecule has 0 spiro atoms. The van der Waals surface area contributed by atoms with E-state index in [0.29, 0.717) is 29.1 Å². The minimum atomic E-state index is -4.74. The summed E-state index contributed by atoms with van der Waals surface area (Å²) in [4.78, 5) is 21.6. The minimum absolute atomic E-state index is 0.0727. The third-order valence-corrected chi connectivity index (χ3v) is 6.52. The highest BCUT2D eigenvalue weighted by molar-refractivity contribution is 5.97. The Kier molecular flexibility index (Phi) is 6.92. The molecule has 4 heterocycles. The summed E-state index contributed by atoms with van der Waals surface area (Å²) in [5.74, 6) is 0.521. The van der Waals surface area contributed by atoms with Crippen molar-refractivity contribution < 1.29 is 17.9 Å². The van der Waals surface area contributed by atoms with Crippen molar-refractivity contribution >= 4 is 10.9 Å². The number of hydrogen-bond donors (Lipinski definition) is 2. The number of rotatable bonds is 7. The standard InChI is InChI=1S/C28H25F3N6O2/c1-16-8-9-33-23(14-37-10-4-6-22(27(37)38)28(29,30)31)21(16)15-39-24-7-3-5-19-20(11-17(2)35-26(19)24)25-18(12-32)13-34-36-25/h3-11,13H,12,14-15,32H2,1-2H3,(H,34,36). The topological polar surface area (TPSA) is 112 Å². The van der Waals surface area contributed by atoms with Gasteiger partial charge in [-0.25, -0.2) is 4.98 Å². The number of nitrogens with two attached hydrogens (primary N) is 1. The Morgan fingerprint density at radius 1 is 1.13 bits per heavy atom. The van der Waals surface area contributed by atoms with Crippen molar-refractivity contribution in [3.63, 3.8) is 0 Å². The van der Waals surface area contributed by atoms with Crippen molar-refractivity contribution in [3.05, 3.63) is 105 Å². The van der Waals surface area contributed by atoms with Crippen LogP contribution in [0.1, 0.15) is 33.6 Å². The number of benzene rings is 1. The Morgan fingerprint density at radius 3 is 2.72 bits per heavy atom. The number of nitrogens with zero attached hydrogens (tertiary/aromatic N) is 4. The zero-order valence-corrected chi connectivity index (χ0v) is 21.2. The third kappa shape index (κ3) is 5.13. The predicted octanol–water partition coefficient (Wildman–Crippen LogP) is 4.90. The number of aromatic nitrogens is 5. The van der Waals surface area contributed by atoms with Crippen molar-refractivity contribution in [2.24, 2.45) is 5.73 Å². The van der Waals surface area contributed by atoms with Crippen LogP contribution in [0, 0.1) is 13.8 Å². The smallest absolute Gasteiger partial charge is 0.421 e. The monoisotopic (exact) mass is 534 g/mol. The number of alkyl halides is 3. The van der Waals surface area contributed by atoms with Gasteiger partial charge in [-0.2, -0.15) is 18.3 Å². The van der Waals surface area contributed by atoms with Crippen LogP contribution in [0.2, 0.25) is 0 Å². The Bertz CT molecular complexity index is 1730. The first-order chi connectivity index (χ1) is 18.7. The van der Waals surface area contributed by atoms with Crippen LogP contribution in [0.15, 0.2) is 65.8 Å². The van der Waals surface area contributed by atoms with Gasteiger partial charge in [-0.15, -0.1) is 0 Å². The molecule has 11 heteroatoms. The first kappa shape index (κ1) is 26.1. The molecular formula is C28H25F3N6O2. The fraction of sp³-hybridized carbons (Fsp3) is 0.214. The van der Waals surface area contributed by atoms with E-state index < -0.39 is 17.3 Å². The summed E-state index contributed by atoms with van der Waals surface area (Å²) >= 11 is 0. The second-order valence-corrected chi connectivity index (χ2v) is 9.12. The number of fused-ring (bicyclic) bond motifs is 1. The average molecular weight is 535 g/mol. The van der Waals surface area contributed by atoms with Gasteiger partial charge in [0.1, 0.15) is 23.4 Å². The van der Waals surface area contributed by atoms with E-state index in [0.717, 1.165) is 44.1 Å². The normalized spacial score (nSPS) is 11.7. The molecule has 0 amide bonds. The lowest BCUT2D eigenvalue weighted by molar-refractivity contribution is -0.138. The van der Waals surface area contributed by atoms with E-state index in [2.05, 4.69) is 15.2 Å². The molecule has 0 aliphatic heterocycles. The Hall–Kier alpha value is -4.51. The van der Waals surface area contributed by atoms with E-state index in [9.17, 15) is 18.0 Å². The van der Waals surface area contributed by atoms with Gasteiger partial charge in [-0.3, -0.25) is 14.9 Å². The Morgan fingerprint density at radius 2 is 1.95 bits per heavy atom. The van der Waals surface area contributed by atoms with Crippen molar-refractivity contribution in [3.8, 4) is 17.0 Å². The lowest BCUT2D eigenvalue weighted by atomic mass is 10.0. The van der Waals surface area contributed by atoms with Gasteiger partial charge in [-0.1, -0.05) is 12.1 Å². The Labute approximate surface area is 221 Å². The van der Waals surface area contributed by atoms with Crippen LogP contribution in [0.4, 0.5) is 13.2 Å². The van der Waals surface area contributed by atoms with E-state index >= 15 is 0 Å². The molecule has 39 heavy (non-hydrogen) atoms. The average Bonchev–Trinajstić information content (AvgIpc) is 3.37. The van der Waals surface area contributed by atoms with E-state index in [4.69, 9.17) is 15.5 Å². The number of halogens is 3. The fourth-order valence-electron chi connectivity index (χ4n) is 4.53. The summed E-state index contributed by atoms with van der Waals surface area (Å²) in [6.45, 7) is 3.99. The molecule has 8 nitrogen and oxygen atoms in total. The summed E-state index contributed by atoms with van der Waals surface area (Å²) in [5, 5.41) is 8.08. The third-order valence-electron chi connectivity index (χ3n) is 6.52. The molecule has 3 N–H and O–H groups in total. The minimum Gasteiger partial charge on any atom is -0.487 e. The number of aromatic amines is 1. The zero-order valence-electron chi connectivity index (χ0n) is 21.2. The van der Waals surface area contributed by atoms with Crippen LogP contribution in [0.3, 0.4) is 0 Å². The zero-order chi connectivity index (χ0) is 27.7. The number of nitrogens with one attached hydrogen (secondary N) is 1. The molecule has 1 aromatic carbocycles. The summed E-state index contributed by atoms with van der Waals surface area (Å²) in [5.41, 5.74) is 9.35. The maximum Gasteiger partial charge on any atom is 0.421 e. The molecular weight excluding hydrogens is 509 g/mol. The SMILES string of the molecule is Cc1cc(-c2n[nH]cc2CN)c2cccc(OCc3c(C)ccnc3Cn3cccc(C(F)(F)F)c3=O)c2n1. The van der Waals surface area contributed by atoms with Crippen molar-refractivity contribution in [2.45, 2.75) is 39.7 Å². The van der Waals surface area contributed by atoms with Crippen molar-refractivity contribution in [1.29, 1.82) is 0 Å². The van der Waals surface area contributed by atoms with E-state index in [1.807, 2.05) is 32.0 Å². The van der Waals surface area contributed by atoms with Gasteiger partial charge in [0.15, 0.2) is 0 Å². The molecule has 0 unspecified atom stereocenters. The van der Waals surface area contributed by atoms with Gasteiger partial charge in [0, 0.05) is 52.9 Å².